The van der Waals surface area contributed by atoms with Gasteiger partial charge >= 0.3 is 0 Å². The van der Waals surface area contributed by atoms with Gasteiger partial charge in [-0.2, -0.15) is 0 Å². The first kappa shape index (κ1) is 15.2. The van der Waals surface area contributed by atoms with E-state index in [9.17, 15) is 4.39 Å². The van der Waals surface area contributed by atoms with Gasteiger partial charge in [0.05, 0.1) is 12.3 Å². The molecule has 110 valence electrons. The number of thiocarbonyl (C=S) groups is 1. The molecule has 0 aromatic heterocycles. The first-order chi connectivity index (χ1) is 9.61. The number of hydrogen-bond acceptors (Lipinski definition) is 4. The monoisotopic (exact) mass is 297 g/mol. The first-order valence-corrected chi connectivity index (χ1v) is 7.20. The fraction of sp³-hybridized carbons (Fsp3) is 0.500. The maximum Gasteiger partial charge on any atom is 0.147 e. The smallest absolute Gasteiger partial charge is 0.147 e. The minimum absolute atomic E-state index is 0.164. The second-order valence-electron chi connectivity index (χ2n) is 4.94. The van der Waals surface area contributed by atoms with E-state index in [0.717, 1.165) is 32.6 Å². The van der Waals surface area contributed by atoms with E-state index in [2.05, 4.69) is 4.90 Å². The third kappa shape index (κ3) is 3.65. The Bertz CT molecular complexity index is 483. The van der Waals surface area contributed by atoms with Crippen molar-refractivity contribution in [1.29, 1.82) is 0 Å². The van der Waals surface area contributed by atoms with Gasteiger partial charge in [0.2, 0.25) is 0 Å². The molecule has 1 aromatic carbocycles. The summed E-state index contributed by atoms with van der Waals surface area (Å²) in [5, 5.41) is 8.98. The van der Waals surface area contributed by atoms with Crippen LogP contribution in [0.25, 0.3) is 0 Å². The van der Waals surface area contributed by atoms with Gasteiger partial charge in [0.15, 0.2) is 0 Å². The summed E-state index contributed by atoms with van der Waals surface area (Å²) in [6.07, 6.45) is 0.955. The Labute approximate surface area is 124 Å². The molecule has 0 radical (unpaired) electrons. The summed E-state index contributed by atoms with van der Waals surface area (Å²) in [5.74, 6) is -0.286. The zero-order valence-corrected chi connectivity index (χ0v) is 12.2. The molecule has 2 rings (SSSR count). The van der Waals surface area contributed by atoms with E-state index >= 15 is 0 Å². The van der Waals surface area contributed by atoms with Crippen LogP contribution in [0.15, 0.2) is 18.2 Å². The molecule has 0 amide bonds. The molecule has 1 saturated heterocycles. The summed E-state index contributed by atoms with van der Waals surface area (Å²) in [6, 6.07) is 4.90. The van der Waals surface area contributed by atoms with Crippen molar-refractivity contribution in [3.05, 3.63) is 29.6 Å². The van der Waals surface area contributed by atoms with Crippen LogP contribution in [-0.4, -0.2) is 54.3 Å². The Hall–Kier alpha value is -1.24. The van der Waals surface area contributed by atoms with Crippen molar-refractivity contribution in [2.45, 2.75) is 6.42 Å². The van der Waals surface area contributed by atoms with E-state index in [1.807, 2.05) is 4.90 Å². The van der Waals surface area contributed by atoms with Crippen molar-refractivity contribution in [1.82, 2.24) is 4.90 Å². The van der Waals surface area contributed by atoms with E-state index in [1.165, 1.54) is 6.07 Å². The Morgan fingerprint density at radius 3 is 2.75 bits per heavy atom. The molecule has 0 spiro atoms. The number of nitrogens with zero attached hydrogens (tertiary/aromatic N) is 2. The maximum absolute atomic E-state index is 14.2. The normalized spacial score (nSPS) is 17.0. The van der Waals surface area contributed by atoms with Crippen molar-refractivity contribution in [3.63, 3.8) is 0 Å². The Kier molecular flexibility index (Phi) is 5.28. The molecule has 0 saturated carbocycles. The van der Waals surface area contributed by atoms with E-state index in [-0.39, 0.29) is 17.4 Å². The summed E-state index contributed by atoms with van der Waals surface area (Å²) in [5.41, 5.74) is 6.66. The van der Waals surface area contributed by atoms with Crippen LogP contribution >= 0.6 is 12.2 Å². The average Bonchev–Trinajstić information content (AvgIpc) is 2.65. The highest BCUT2D eigenvalue weighted by Crippen LogP contribution is 2.22. The molecular formula is C14H20FN3OS. The number of β-amino-alcohol motifs (C(OH)–C–C–N with tert-alkyl or cyclic N) is 1. The molecule has 1 aliphatic heterocycles. The lowest BCUT2D eigenvalue weighted by molar-refractivity contribution is 0.204. The van der Waals surface area contributed by atoms with E-state index in [4.69, 9.17) is 23.1 Å². The molecule has 1 aliphatic rings. The minimum atomic E-state index is -0.286. The average molecular weight is 297 g/mol. The number of aliphatic hydroxyl groups excluding tert-OH is 1. The Morgan fingerprint density at radius 1 is 1.30 bits per heavy atom. The molecule has 0 aliphatic carbocycles. The number of anilines is 1. The molecule has 0 unspecified atom stereocenters. The van der Waals surface area contributed by atoms with Gasteiger partial charge in [-0.15, -0.1) is 0 Å². The lowest BCUT2D eigenvalue weighted by Gasteiger charge is -2.24. The highest BCUT2D eigenvalue weighted by molar-refractivity contribution is 7.80. The lowest BCUT2D eigenvalue weighted by atomic mass is 10.1. The molecular weight excluding hydrogens is 277 g/mol. The largest absolute Gasteiger partial charge is 0.395 e. The number of rotatable bonds is 4. The van der Waals surface area contributed by atoms with Crippen molar-refractivity contribution in [2.24, 2.45) is 5.73 Å². The summed E-state index contributed by atoms with van der Waals surface area (Å²) in [4.78, 5) is 4.44. The number of aliphatic hydroxyl groups is 1. The highest BCUT2D eigenvalue weighted by atomic mass is 32.1. The van der Waals surface area contributed by atoms with Gasteiger partial charge in [-0.1, -0.05) is 12.2 Å². The van der Waals surface area contributed by atoms with Crippen LogP contribution in [0.1, 0.15) is 12.0 Å². The van der Waals surface area contributed by atoms with Crippen molar-refractivity contribution >= 4 is 22.9 Å². The molecule has 0 bridgehead atoms. The minimum Gasteiger partial charge on any atom is -0.395 e. The Morgan fingerprint density at radius 2 is 2.10 bits per heavy atom. The summed E-state index contributed by atoms with van der Waals surface area (Å²) in [6.45, 7) is 4.17. The number of halogens is 1. The molecule has 20 heavy (non-hydrogen) atoms. The van der Waals surface area contributed by atoms with E-state index in [1.54, 1.807) is 12.1 Å². The topological polar surface area (TPSA) is 52.7 Å². The fourth-order valence-corrected chi connectivity index (χ4v) is 2.62. The molecule has 1 aromatic rings. The summed E-state index contributed by atoms with van der Waals surface area (Å²) >= 11 is 4.85. The van der Waals surface area contributed by atoms with Crippen LogP contribution in [0.5, 0.6) is 0 Å². The number of benzene rings is 1. The summed E-state index contributed by atoms with van der Waals surface area (Å²) < 4.78 is 14.2. The predicted molar refractivity (Wildman–Crippen MR) is 82.6 cm³/mol. The zero-order valence-electron chi connectivity index (χ0n) is 11.4. The second kappa shape index (κ2) is 6.97. The SMILES string of the molecule is NC(=S)c1ccc(N2CCCN(CCO)CC2)c(F)c1. The molecule has 3 N–H and O–H groups in total. The standard InChI is InChI=1S/C14H20FN3OS/c15-12-10-11(14(16)20)2-3-13(12)18-5-1-4-17(6-7-18)8-9-19/h2-3,10,19H,1,4-9H2,(H2,16,20). The van der Waals surface area contributed by atoms with Crippen molar-refractivity contribution in [2.75, 3.05) is 44.2 Å². The van der Waals surface area contributed by atoms with Gasteiger partial charge in [0, 0.05) is 31.7 Å². The van der Waals surface area contributed by atoms with Gasteiger partial charge in [-0.3, -0.25) is 4.90 Å². The van der Waals surface area contributed by atoms with Crippen molar-refractivity contribution < 1.29 is 9.50 Å². The lowest BCUT2D eigenvalue weighted by Crippen LogP contribution is -2.32. The highest BCUT2D eigenvalue weighted by Gasteiger charge is 2.17. The number of hydrogen-bond donors (Lipinski definition) is 2. The van der Waals surface area contributed by atoms with Crippen LogP contribution in [-0.2, 0) is 0 Å². The molecule has 0 atom stereocenters. The van der Waals surface area contributed by atoms with Gasteiger partial charge in [0.1, 0.15) is 10.8 Å². The van der Waals surface area contributed by atoms with Crippen LogP contribution in [0.4, 0.5) is 10.1 Å². The summed E-state index contributed by atoms with van der Waals surface area (Å²) in [7, 11) is 0. The molecule has 1 fully saturated rings. The Balaban J connectivity index is 2.09. The zero-order chi connectivity index (χ0) is 14.5. The fourth-order valence-electron chi connectivity index (χ4n) is 2.49. The third-order valence-corrected chi connectivity index (χ3v) is 3.81. The van der Waals surface area contributed by atoms with Gasteiger partial charge < -0.3 is 15.7 Å². The molecule has 4 nitrogen and oxygen atoms in total. The van der Waals surface area contributed by atoms with Crippen LogP contribution in [0, 0.1) is 5.82 Å². The second-order valence-corrected chi connectivity index (χ2v) is 5.38. The van der Waals surface area contributed by atoms with Crippen LogP contribution in [0.2, 0.25) is 0 Å². The molecule has 1 heterocycles. The third-order valence-electron chi connectivity index (χ3n) is 3.58. The van der Waals surface area contributed by atoms with Gasteiger partial charge in [-0.05, 0) is 31.2 Å². The molecule has 6 heteroatoms. The maximum atomic E-state index is 14.2. The van der Waals surface area contributed by atoms with Crippen molar-refractivity contribution in [3.8, 4) is 0 Å². The first-order valence-electron chi connectivity index (χ1n) is 6.79. The van der Waals surface area contributed by atoms with E-state index < -0.39 is 0 Å². The van der Waals surface area contributed by atoms with E-state index in [0.29, 0.717) is 17.8 Å². The van der Waals surface area contributed by atoms with Crippen LogP contribution < -0.4 is 10.6 Å². The predicted octanol–water partition coefficient (Wildman–Crippen LogP) is 0.964. The van der Waals surface area contributed by atoms with Gasteiger partial charge in [0.25, 0.3) is 0 Å². The van der Waals surface area contributed by atoms with Gasteiger partial charge in [-0.25, -0.2) is 4.39 Å². The van der Waals surface area contributed by atoms with Crippen LogP contribution in [0.3, 0.4) is 0 Å². The quantitative estimate of drug-likeness (QED) is 0.811. The number of nitrogens with two attached hydrogens (primary N) is 1.